The van der Waals surface area contributed by atoms with Gasteiger partial charge in [0.05, 0.1) is 16.1 Å². The summed E-state index contributed by atoms with van der Waals surface area (Å²) < 4.78 is 10.7. The predicted octanol–water partition coefficient (Wildman–Crippen LogP) is 4.29. The number of benzene rings is 3. The van der Waals surface area contributed by atoms with Crippen LogP contribution >= 0.6 is 0 Å². The van der Waals surface area contributed by atoms with Crippen molar-refractivity contribution in [3.63, 3.8) is 0 Å². The average molecular weight is 403 g/mol. The van der Waals surface area contributed by atoms with Crippen LogP contribution in [0.1, 0.15) is 10.4 Å². The second-order valence-corrected chi connectivity index (χ2v) is 6.35. The molecule has 1 aromatic heterocycles. The fraction of sp³-hybridized carbons (Fsp3) is 0. The van der Waals surface area contributed by atoms with E-state index in [-0.39, 0.29) is 28.0 Å². The van der Waals surface area contributed by atoms with E-state index in [2.05, 4.69) is 0 Å². The van der Waals surface area contributed by atoms with Gasteiger partial charge in [0, 0.05) is 24.3 Å². The minimum absolute atomic E-state index is 0.0140. The van der Waals surface area contributed by atoms with E-state index in [0.29, 0.717) is 11.1 Å². The molecular weight excluding hydrogens is 390 g/mol. The number of hydrogen-bond acceptors (Lipinski definition) is 7. The summed E-state index contributed by atoms with van der Waals surface area (Å²) >= 11 is 0. The normalized spacial score (nSPS) is 10.7. The van der Waals surface area contributed by atoms with Gasteiger partial charge in [-0.2, -0.15) is 0 Å². The Morgan fingerprint density at radius 3 is 2.40 bits per heavy atom. The molecule has 8 heteroatoms. The Hall–Kier alpha value is -4.46. The number of nitro groups is 1. The van der Waals surface area contributed by atoms with Crippen molar-refractivity contribution in [2.45, 2.75) is 0 Å². The number of phenols is 1. The molecule has 8 nitrogen and oxygen atoms in total. The van der Waals surface area contributed by atoms with Crippen molar-refractivity contribution in [3.05, 3.63) is 98.9 Å². The topological polar surface area (TPSA) is 120 Å². The number of ether oxygens (including phenoxy) is 1. The molecule has 4 aromatic rings. The number of nitrogens with zero attached hydrogens (tertiary/aromatic N) is 1. The first kappa shape index (κ1) is 18.9. The maximum Gasteiger partial charge on any atom is 0.343 e. The number of phenolic OH excluding ortho intramolecular Hbond substituents is 1. The van der Waals surface area contributed by atoms with Gasteiger partial charge >= 0.3 is 5.97 Å². The largest absolute Gasteiger partial charge is 0.507 e. The van der Waals surface area contributed by atoms with E-state index < -0.39 is 22.1 Å². The van der Waals surface area contributed by atoms with Gasteiger partial charge in [0.25, 0.3) is 5.69 Å². The number of carbonyl (C=O) groups is 1. The van der Waals surface area contributed by atoms with E-state index in [9.17, 15) is 24.8 Å². The zero-order valence-corrected chi connectivity index (χ0v) is 15.3. The molecule has 0 amide bonds. The van der Waals surface area contributed by atoms with Crippen LogP contribution in [0.3, 0.4) is 0 Å². The molecule has 1 heterocycles. The first-order valence-corrected chi connectivity index (χ1v) is 8.74. The van der Waals surface area contributed by atoms with Gasteiger partial charge in [-0.15, -0.1) is 0 Å². The van der Waals surface area contributed by atoms with Gasteiger partial charge in [-0.25, -0.2) is 4.79 Å². The summed E-state index contributed by atoms with van der Waals surface area (Å²) in [4.78, 5) is 35.3. The lowest BCUT2D eigenvalue weighted by Crippen LogP contribution is -2.09. The molecular formula is C22H13NO7. The predicted molar refractivity (Wildman–Crippen MR) is 108 cm³/mol. The third-order valence-corrected chi connectivity index (χ3v) is 4.44. The second-order valence-electron chi connectivity index (χ2n) is 6.35. The zero-order valence-electron chi connectivity index (χ0n) is 15.3. The summed E-state index contributed by atoms with van der Waals surface area (Å²) in [5, 5.41) is 21.1. The van der Waals surface area contributed by atoms with Crippen LogP contribution < -0.4 is 10.2 Å². The fourth-order valence-corrected chi connectivity index (χ4v) is 2.97. The van der Waals surface area contributed by atoms with Crippen LogP contribution in [0.5, 0.6) is 11.5 Å². The molecule has 4 rings (SSSR count). The van der Waals surface area contributed by atoms with Crippen molar-refractivity contribution < 1.29 is 24.0 Å². The van der Waals surface area contributed by atoms with Crippen LogP contribution in [0.4, 0.5) is 5.69 Å². The van der Waals surface area contributed by atoms with Crippen LogP contribution in [-0.2, 0) is 0 Å². The van der Waals surface area contributed by atoms with Crippen LogP contribution in [0.2, 0.25) is 0 Å². The highest BCUT2D eigenvalue weighted by Crippen LogP contribution is 2.31. The third-order valence-electron chi connectivity index (χ3n) is 4.44. The Morgan fingerprint density at radius 2 is 1.73 bits per heavy atom. The van der Waals surface area contributed by atoms with E-state index in [4.69, 9.17) is 9.15 Å². The number of rotatable bonds is 4. The molecule has 0 bridgehead atoms. The average Bonchev–Trinajstić information content (AvgIpc) is 2.74. The highest BCUT2D eigenvalue weighted by molar-refractivity contribution is 5.93. The second kappa shape index (κ2) is 7.51. The summed E-state index contributed by atoms with van der Waals surface area (Å²) in [6, 6.07) is 16.2. The van der Waals surface area contributed by atoms with Crippen molar-refractivity contribution in [3.8, 4) is 22.6 Å². The van der Waals surface area contributed by atoms with Crippen molar-refractivity contribution in [1.82, 2.24) is 0 Å². The monoisotopic (exact) mass is 403 g/mol. The van der Waals surface area contributed by atoms with Crippen LogP contribution in [0.15, 0.2) is 82.2 Å². The van der Waals surface area contributed by atoms with Gasteiger partial charge in [-0.05, 0) is 29.8 Å². The Labute approximate surface area is 168 Å². The van der Waals surface area contributed by atoms with Crippen LogP contribution in [-0.4, -0.2) is 16.0 Å². The summed E-state index contributed by atoms with van der Waals surface area (Å²) in [5.74, 6) is -1.03. The molecule has 3 aromatic carbocycles. The lowest BCUT2D eigenvalue weighted by Gasteiger charge is -2.08. The summed E-state index contributed by atoms with van der Waals surface area (Å²) in [5.41, 5.74) is 0.241. The molecule has 0 aliphatic heterocycles. The van der Waals surface area contributed by atoms with Crippen LogP contribution in [0, 0.1) is 10.1 Å². The van der Waals surface area contributed by atoms with Gasteiger partial charge < -0.3 is 14.3 Å². The highest BCUT2D eigenvalue weighted by Gasteiger charge is 2.17. The molecule has 0 aliphatic carbocycles. The summed E-state index contributed by atoms with van der Waals surface area (Å²) in [6.07, 6.45) is 1.19. The Bertz CT molecular complexity index is 1330. The lowest BCUT2D eigenvalue weighted by molar-refractivity contribution is -0.384. The maximum absolute atomic E-state index is 12.9. The number of esters is 1. The molecule has 1 N–H and O–H groups in total. The number of non-ortho nitro benzene ring substituents is 1. The molecule has 0 aliphatic rings. The SMILES string of the molecule is O=C(Oc1cc(O)c2c(=O)c(-c3ccc([N+](=O)[O-])cc3)coc2c1)c1ccccc1. The minimum atomic E-state index is -0.626. The molecule has 0 spiro atoms. The van der Waals surface area contributed by atoms with Crippen molar-refractivity contribution >= 4 is 22.6 Å². The van der Waals surface area contributed by atoms with Crippen molar-refractivity contribution in [1.29, 1.82) is 0 Å². The smallest absolute Gasteiger partial charge is 0.343 e. The van der Waals surface area contributed by atoms with Gasteiger partial charge in [-0.3, -0.25) is 14.9 Å². The Morgan fingerprint density at radius 1 is 1.03 bits per heavy atom. The van der Waals surface area contributed by atoms with Crippen LogP contribution in [0.25, 0.3) is 22.1 Å². The first-order valence-electron chi connectivity index (χ1n) is 8.74. The lowest BCUT2D eigenvalue weighted by atomic mass is 10.0. The molecule has 148 valence electrons. The Kier molecular flexibility index (Phi) is 4.73. The standard InChI is InChI=1S/C22H13NO7/c24-18-10-16(30-22(26)14-4-2-1-3-5-14)11-19-20(18)21(25)17(12-29-19)13-6-8-15(9-7-13)23(27)28/h1-12,24H. The van der Waals surface area contributed by atoms with Crippen molar-refractivity contribution in [2.75, 3.05) is 0 Å². The zero-order chi connectivity index (χ0) is 21.3. The van der Waals surface area contributed by atoms with E-state index >= 15 is 0 Å². The number of carbonyl (C=O) groups excluding carboxylic acids is 1. The maximum atomic E-state index is 12.9. The molecule has 0 saturated carbocycles. The van der Waals surface area contributed by atoms with Gasteiger partial charge in [0.15, 0.2) is 0 Å². The molecule has 0 atom stereocenters. The quantitative estimate of drug-likeness (QED) is 0.233. The number of fused-ring (bicyclic) bond motifs is 1. The van der Waals surface area contributed by atoms with E-state index in [0.717, 1.165) is 6.07 Å². The number of hydrogen-bond donors (Lipinski definition) is 1. The molecule has 0 fully saturated rings. The molecule has 0 saturated heterocycles. The summed E-state index contributed by atoms with van der Waals surface area (Å²) in [7, 11) is 0. The molecule has 30 heavy (non-hydrogen) atoms. The van der Waals surface area contributed by atoms with E-state index in [1.165, 1.54) is 36.6 Å². The van der Waals surface area contributed by atoms with Gasteiger partial charge in [0.1, 0.15) is 28.7 Å². The van der Waals surface area contributed by atoms with E-state index in [1.807, 2.05) is 0 Å². The number of aromatic hydroxyl groups is 1. The van der Waals surface area contributed by atoms with Gasteiger partial charge in [0.2, 0.25) is 5.43 Å². The Balaban J connectivity index is 1.71. The molecule has 0 unspecified atom stereocenters. The highest BCUT2D eigenvalue weighted by atomic mass is 16.6. The summed E-state index contributed by atoms with van der Waals surface area (Å²) in [6.45, 7) is 0. The molecule has 0 radical (unpaired) electrons. The fourth-order valence-electron chi connectivity index (χ4n) is 2.97. The van der Waals surface area contributed by atoms with E-state index in [1.54, 1.807) is 30.3 Å². The number of nitro benzene ring substituents is 1. The third kappa shape index (κ3) is 3.49. The van der Waals surface area contributed by atoms with Crippen molar-refractivity contribution in [2.24, 2.45) is 0 Å². The minimum Gasteiger partial charge on any atom is -0.507 e. The van der Waals surface area contributed by atoms with Gasteiger partial charge in [-0.1, -0.05) is 18.2 Å². The first-order chi connectivity index (χ1) is 14.4.